The van der Waals surface area contributed by atoms with Crippen molar-refractivity contribution in [2.75, 3.05) is 20.3 Å². The van der Waals surface area contributed by atoms with Crippen LogP contribution in [0.2, 0.25) is 0 Å². The molecular formula is C17H19N3O3S. The lowest BCUT2D eigenvalue weighted by Gasteiger charge is -2.12. The third-order valence-corrected chi connectivity index (χ3v) is 5.01. The van der Waals surface area contributed by atoms with Crippen molar-refractivity contribution >= 4 is 22.0 Å². The van der Waals surface area contributed by atoms with Crippen LogP contribution in [-0.4, -0.2) is 38.5 Å². The average molecular weight is 345 g/mol. The summed E-state index contributed by atoms with van der Waals surface area (Å²) in [6.45, 7) is 3.05. The van der Waals surface area contributed by atoms with Gasteiger partial charge in [0.15, 0.2) is 16.0 Å². The lowest BCUT2D eigenvalue weighted by atomic mass is 10.3. The second-order valence-corrected chi connectivity index (χ2v) is 6.52. The molecule has 0 saturated heterocycles. The topological polar surface area (TPSA) is 66.2 Å². The number of ether oxygens (including phenoxy) is 2. The molecule has 0 amide bonds. The van der Waals surface area contributed by atoms with Crippen LogP contribution >= 0.6 is 0 Å². The quantitative estimate of drug-likeness (QED) is 0.616. The van der Waals surface area contributed by atoms with E-state index in [0.717, 1.165) is 23.0 Å². The number of fused-ring (bicyclic) bond motifs is 1. The largest absolute Gasteiger partial charge is 0.493 e. The van der Waals surface area contributed by atoms with E-state index in [4.69, 9.17) is 9.47 Å². The molecule has 1 atom stereocenters. The van der Waals surface area contributed by atoms with Crippen LogP contribution in [0, 0.1) is 6.92 Å². The lowest BCUT2D eigenvalue weighted by molar-refractivity contribution is 0.171. The van der Waals surface area contributed by atoms with Crippen molar-refractivity contribution in [1.29, 1.82) is 0 Å². The highest BCUT2D eigenvalue weighted by atomic mass is 32.2. The Morgan fingerprint density at radius 2 is 2.00 bits per heavy atom. The van der Waals surface area contributed by atoms with Crippen molar-refractivity contribution in [3.63, 3.8) is 0 Å². The van der Waals surface area contributed by atoms with Gasteiger partial charge in [0.2, 0.25) is 0 Å². The molecule has 126 valence electrons. The average Bonchev–Trinajstić information content (AvgIpc) is 3.03. The molecule has 0 spiro atoms. The molecule has 0 aliphatic heterocycles. The summed E-state index contributed by atoms with van der Waals surface area (Å²) in [5, 5.41) is 0.474. The molecule has 0 radical (unpaired) electrons. The number of nitrogens with zero attached hydrogens (tertiary/aromatic N) is 3. The van der Waals surface area contributed by atoms with E-state index in [-0.39, 0.29) is 0 Å². The monoisotopic (exact) mass is 345 g/mol. The van der Waals surface area contributed by atoms with Crippen LogP contribution in [0.4, 0.5) is 0 Å². The van der Waals surface area contributed by atoms with Gasteiger partial charge >= 0.3 is 0 Å². The van der Waals surface area contributed by atoms with Crippen LogP contribution in [0.3, 0.4) is 0 Å². The molecule has 6 nitrogen and oxygen atoms in total. The highest BCUT2D eigenvalue weighted by molar-refractivity contribution is 7.83. The van der Waals surface area contributed by atoms with Gasteiger partial charge in [0.25, 0.3) is 0 Å². The van der Waals surface area contributed by atoms with E-state index in [0.29, 0.717) is 24.0 Å². The number of imidazole rings is 1. The predicted molar refractivity (Wildman–Crippen MR) is 92.5 cm³/mol. The zero-order chi connectivity index (χ0) is 16.9. The summed E-state index contributed by atoms with van der Waals surface area (Å²) in [5.74, 6) is 0.689. The molecule has 0 bridgehead atoms. The zero-order valence-corrected chi connectivity index (χ0v) is 14.5. The van der Waals surface area contributed by atoms with Gasteiger partial charge in [-0.25, -0.2) is 18.1 Å². The van der Waals surface area contributed by atoms with Crippen molar-refractivity contribution in [2.24, 2.45) is 0 Å². The van der Waals surface area contributed by atoms with Crippen molar-refractivity contribution < 1.29 is 13.7 Å². The summed E-state index contributed by atoms with van der Waals surface area (Å²) in [5.41, 5.74) is 2.38. The van der Waals surface area contributed by atoms with Gasteiger partial charge in [0.05, 0.1) is 17.6 Å². The Bertz CT molecular complexity index is 863. The number of methoxy groups -OCH3 is 1. The van der Waals surface area contributed by atoms with E-state index in [1.807, 2.05) is 31.2 Å². The van der Waals surface area contributed by atoms with E-state index >= 15 is 0 Å². The van der Waals surface area contributed by atoms with Crippen LogP contribution in [-0.2, 0) is 15.7 Å². The van der Waals surface area contributed by atoms with Gasteiger partial charge in [0, 0.05) is 31.9 Å². The molecule has 0 aliphatic rings. The highest BCUT2D eigenvalue weighted by Gasteiger charge is 2.17. The van der Waals surface area contributed by atoms with Gasteiger partial charge < -0.3 is 9.47 Å². The summed E-state index contributed by atoms with van der Waals surface area (Å²) in [6, 6.07) is 9.36. The van der Waals surface area contributed by atoms with Gasteiger partial charge in [-0.05, 0) is 25.1 Å². The van der Waals surface area contributed by atoms with Crippen molar-refractivity contribution in [1.82, 2.24) is 13.9 Å². The minimum atomic E-state index is -1.48. The summed E-state index contributed by atoms with van der Waals surface area (Å²) in [6.07, 6.45) is 3.99. The normalized spacial score (nSPS) is 12.4. The molecule has 0 saturated carbocycles. The Morgan fingerprint density at radius 1 is 1.17 bits per heavy atom. The summed E-state index contributed by atoms with van der Waals surface area (Å²) in [7, 11) is 0.178. The molecule has 3 rings (SSSR count). The highest BCUT2D eigenvalue weighted by Crippen LogP contribution is 2.24. The van der Waals surface area contributed by atoms with Crippen LogP contribution in [0.1, 0.15) is 12.0 Å². The molecule has 1 aromatic carbocycles. The van der Waals surface area contributed by atoms with Gasteiger partial charge in [0.1, 0.15) is 12.1 Å². The molecule has 2 heterocycles. The second kappa shape index (κ2) is 7.55. The molecule has 1 unspecified atom stereocenters. The molecule has 3 aromatic rings. The van der Waals surface area contributed by atoms with Gasteiger partial charge in [-0.2, -0.15) is 0 Å². The van der Waals surface area contributed by atoms with Crippen molar-refractivity contribution in [3.8, 4) is 5.75 Å². The minimum absolute atomic E-state index is 0.474. The smallest absolute Gasteiger partial charge is 0.177 e. The van der Waals surface area contributed by atoms with Crippen LogP contribution in [0.5, 0.6) is 5.75 Å². The Labute approximate surface area is 143 Å². The van der Waals surface area contributed by atoms with E-state index in [1.165, 1.54) is 0 Å². The molecule has 2 aromatic heterocycles. The predicted octanol–water partition coefficient (Wildman–Crippen LogP) is 2.73. The maximum absolute atomic E-state index is 13.0. The molecule has 0 aliphatic carbocycles. The molecule has 0 N–H and O–H groups in total. The van der Waals surface area contributed by atoms with E-state index < -0.39 is 11.0 Å². The standard InChI is InChI=1S/C17H19N3O3S/c1-13-16(23-11-5-10-22-2)8-9-18-17(13)24(21)20-12-19-14-6-3-4-7-15(14)20/h3-4,6-9,12H,5,10-11H2,1-2H3. The number of rotatable bonds is 7. The minimum Gasteiger partial charge on any atom is -0.493 e. The number of hydrogen-bond donors (Lipinski definition) is 0. The Hall–Kier alpha value is -2.25. The Kier molecular flexibility index (Phi) is 5.22. The first-order valence-electron chi connectivity index (χ1n) is 7.64. The fourth-order valence-electron chi connectivity index (χ4n) is 2.38. The fraction of sp³-hybridized carbons (Fsp3) is 0.294. The van der Waals surface area contributed by atoms with Gasteiger partial charge in [-0.1, -0.05) is 12.1 Å². The number of pyridine rings is 1. The van der Waals surface area contributed by atoms with Crippen molar-refractivity contribution in [3.05, 3.63) is 48.4 Å². The van der Waals surface area contributed by atoms with E-state index in [2.05, 4.69) is 9.97 Å². The number of aromatic nitrogens is 3. The third kappa shape index (κ3) is 3.32. The molecule has 7 heteroatoms. The van der Waals surface area contributed by atoms with Crippen LogP contribution < -0.4 is 4.74 Å². The maximum Gasteiger partial charge on any atom is 0.177 e. The summed E-state index contributed by atoms with van der Waals surface area (Å²) >= 11 is 0. The van der Waals surface area contributed by atoms with Crippen LogP contribution in [0.15, 0.2) is 47.9 Å². The number of para-hydroxylation sites is 2. The first-order chi connectivity index (χ1) is 11.7. The number of hydrogen-bond acceptors (Lipinski definition) is 5. The van der Waals surface area contributed by atoms with Crippen molar-refractivity contribution in [2.45, 2.75) is 18.4 Å². The fourth-order valence-corrected chi connectivity index (χ4v) is 3.55. The first-order valence-corrected chi connectivity index (χ1v) is 8.74. The SMILES string of the molecule is COCCCOc1ccnc(S(=O)n2cnc3ccccc32)c1C. The van der Waals surface area contributed by atoms with Gasteiger partial charge in [-0.3, -0.25) is 0 Å². The van der Waals surface area contributed by atoms with E-state index in [1.54, 1.807) is 29.7 Å². The molecule has 0 fully saturated rings. The third-order valence-electron chi connectivity index (χ3n) is 3.62. The van der Waals surface area contributed by atoms with Crippen LogP contribution in [0.25, 0.3) is 11.0 Å². The second-order valence-electron chi connectivity index (χ2n) is 5.24. The molecular weight excluding hydrogens is 326 g/mol. The summed E-state index contributed by atoms with van der Waals surface area (Å²) < 4.78 is 25.4. The summed E-state index contributed by atoms with van der Waals surface area (Å²) in [4.78, 5) is 8.58. The Balaban J connectivity index is 1.87. The number of benzene rings is 1. The molecule has 24 heavy (non-hydrogen) atoms. The lowest BCUT2D eigenvalue weighted by Crippen LogP contribution is -2.09. The maximum atomic E-state index is 13.0. The first kappa shape index (κ1) is 16.6. The zero-order valence-electron chi connectivity index (χ0n) is 13.6. The Morgan fingerprint density at radius 3 is 2.83 bits per heavy atom. The van der Waals surface area contributed by atoms with E-state index in [9.17, 15) is 4.21 Å². The van der Waals surface area contributed by atoms with Gasteiger partial charge in [-0.15, -0.1) is 0 Å².